The number of hydrogen-bond acceptors (Lipinski definition) is 5. The van der Waals surface area contributed by atoms with Crippen molar-refractivity contribution in [2.24, 2.45) is 0 Å². The molecule has 21 heavy (non-hydrogen) atoms. The highest BCUT2D eigenvalue weighted by molar-refractivity contribution is 7.18. The Labute approximate surface area is 130 Å². The van der Waals surface area contributed by atoms with E-state index in [1.54, 1.807) is 0 Å². The zero-order chi connectivity index (χ0) is 15.2. The molecule has 0 radical (unpaired) electrons. The van der Waals surface area contributed by atoms with E-state index in [4.69, 9.17) is 5.73 Å². The van der Waals surface area contributed by atoms with Gasteiger partial charge in [0, 0.05) is 19.1 Å². The molecule has 1 amide bonds. The summed E-state index contributed by atoms with van der Waals surface area (Å²) in [4.78, 5) is 15.1. The lowest BCUT2D eigenvalue weighted by Gasteiger charge is -2.21. The van der Waals surface area contributed by atoms with Crippen LogP contribution in [0.25, 0.3) is 0 Å². The molecule has 118 valence electrons. The van der Waals surface area contributed by atoms with Crippen LogP contribution in [0.15, 0.2) is 6.07 Å². The van der Waals surface area contributed by atoms with Gasteiger partial charge in [-0.15, -0.1) is 11.3 Å². The van der Waals surface area contributed by atoms with E-state index in [2.05, 4.69) is 22.5 Å². The van der Waals surface area contributed by atoms with Crippen molar-refractivity contribution in [1.82, 2.24) is 10.2 Å². The molecular formula is C15H26N4OS. The summed E-state index contributed by atoms with van der Waals surface area (Å²) in [7, 11) is 0. The first-order valence-electron chi connectivity index (χ1n) is 7.76. The third-order valence-corrected chi connectivity index (χ3v) is 4.70. The normalized spacial score (nSPS) is 16.9. The standard InChI is InChI=1S/C15H26N4OS/c1-3-6-17-15(20)14-12(16)9-13(21-14)18-11(2)10-19-7-4-5-8-19/h9,11,18H,3-8,10,16H2,1-2H3,(H,17,20). The maximum Gasteiger partial charge on any atom is 0.263 e. The summed E-state index contributed by atoms with van der Waals surface area (Å²) in [5, 5.41) is 7.30. The Morgan fingerprint density at radius 1 is 1.48 bits per heavy atom. The second kappa shape index (κ2) is 7.66. The molecule has 1 saturated heterocycles. The summed E-state index contributed by atoms with van der Waals surface area (Å²) in [5.74, 6) is -0.0698. The van der Waals surface area contributed by atoms with Crippen molar-refractivity contribution in [3.8, 4) is 0 Å². The summed E-state index contributed by atoms with van der Waals surface area (Å²) in [6.45, 7) is 8.32. The van der Waals surface area contributed by atoms with E-state index in [9.17, 15) is 4.79 Å². The molecule has 1 fully saturated rings. The smallest absolute Gasteiger partial charge is 0.263 e. The molecule has 1 unspecified atom stereocenters. The van der Waals surface area contributed by atoms with Crippen LogP contribution in [0, 0.1) is 0 Å². The third-order valence-electron chi connectivity index (χ3n) is 3.62. The number of anilines is 2. The fourth-order valence-electron chi connectivity index (χ4n) is 2.61. The minimum absolute atomic E-state index is 0.0698. The lowest BCUT2D eigenvalue weighted by atomic mass is 10.3. The van der Waals surface area contributed by atoms with Crippen molar-refractivity contribution in [3.05, 3.63) is 10.9 Å². The van der Waals surface area contributed by atoms with Crippen LogP contribution < -0.4 is 16.4 Å². The summed E-state index contributed by atoms with van der Waals surface area (Å²) >= 11 is 1.44. The number of hydrogen-bond donors (Lipinski definition) is 3. The maximum atomic E-state index is 12.0. The molecule has 6 heteroatoms. The monoisotopic (exact) mass is 310 g/mol. The van der Waals surface area contributed by atoms with Crippen molar-refractivity contribution in [1.29, 1.82) is 0 Å². The Bertz CT molecular complexity index is 468. The molecule has 1 atom stereocenters. The predicted octanol–water partition coefficient (Wildman–Crippen LogP) is 2.37. The van der Waals surface area contributed by atoms with Gasteiger partial charge in [0.15, 0.2) is 0 Å². The first-order valence-corrected chi connectivity index (χ1v) is 8.58. The number of thiophene rings is 1. The Morgan fingerprint density at radius 2 is 2.19 bits per heavy atom. The SMILES string of the molecule is CCCNC(=O)c1sc(NC(C)CN2CCCC2)cc1N. The molecule has 1 aliphatic heterocycles. The van der Waals surface area contributed by atoms with Gasteiger partial charge in [-0.3, -0.25) is 4.79 Å². The van der Waals surface area contributed by atoms with Crippen LogP contribution >= 0.6 is 11.3 Å². The van der Waals surface area contributed by atoms with E-state index in [0.717, 1.165) is 18.0 Å². The number of nitrogens with one attached hydrogen (secondary N) is 2. The topological polar surface area (TPSA) is 70.4 Å². The Balaban J connectivity index is 1.89. The van der Waals surface area contributed by atoms with E-state index >= 15 is 0 Å². The number of amides is 1. The van der Waals surface area contributed by atoms with Gasteiger partial charge < -0.3 is 21.3 Å². The van der Waals surface area contributed by atoms with Crippen molar-refractivity contribution in [2.45, 2.75) is 39.2 Å². The van der Waals surface area contributed by atoms with Crippen molar-refractivity contribution >= 4 is 27.9 Å². The van der Waals surface area contributed by atoms with Gasteiger partial charge in [0.1, 0.15) is 4.88 Å². The lowest BCUT2D eigenvalue weighted by molar-refractivity contribution is 0.0958. The van der Waals surface area contributed by atoms with Gasteiger partial charge in [0.25, 0.3) is 5.91 Å². The second-order valence-corrected chi connectivity index (χ2v) is 6.76. The first kappa shape index (κ1) is 16.1. The molecule has 0 spiro atoms. The Hall–Kier alpha value is -1.27. The third kappa shape index (κ3) is 4.61. The van der Waals surface area contributed by atoms with Crippen molar-refractivity contribution in [3.63, 3.8) is 0 Å². The molecule has 0 bridgehead atoms. The van der Waals surface area contributed by atoms with Crippen molar-refractivity contribution in [2.75, 3.05) is 37.2 Å². The summed E-state index contributed by atoms with van der Waals surface area (Å²) in [5.41, 5.74) is 6.51. The van der Waals surface area contributed by atoms with E-state index in [-0.39, 0.29) is 5.91 Å². The highest BCUT2D eigenvalue weighted by Gasteiger charge is 2.17. The number of nitrogen functional groups attached to an aromatic ring is 1. The molecule has 1 aromatic heterocycles. The quantitative estimate of drug-likeness (QED) is 0.723. The predicted molar refractivity (Wildman–Crippen MR) is 90.1 cm³/mol. The van der Waals surface area contributed by atoms with Gasteiger partial charge in [-0.25, -0.2) is 0 Å². The van der Waals surface area contributed by atoms with Crippen LogP contribution in [-0.4, -0.2) is 43.0 Å². The molecular weight excluding hydrogens is 284 g/mol. The average Bonchev–Trinajstić information content (AvgIpc) is 3.05. The maximum absolute atomic E-state index is 12.0. The highest BCUT2D eigenvalue weighted by Crippen LogP contribution is 2.29. The molecule has 0 aromatic carbocycles. The summed E-state index contributed by atoms with van der Waals surface area (Å²) in [6.07, 6.45) is 3.54. The minimum Gasteiger partial charge on any atom is -0.397 e. The molecule has 2 heterocycles. The Morgan fingerprint density at radius 3 is 2.86 bits per heavy atom. The molecule has 5 nitrogen and oxygen atoms in total. The van der Waals surface area contributed by atoms with Crippen LogP contribution in [0.1, 0.15) is 42.8 Å². The zero-order valence-electron chi connectivity index (χ0n) is 12.9. The van der Waals surface area contributed by atoms with Gasteiger partial charge in [0.05, 0.1) is 10.7 Å². The second-order valence-electron chi connectivity index (χ2n) is 5.70. The zero-order valence-corrected chi connectivity index (χ0v) is 13.8. The number of carbonyl (C=O) groups is 1. The summed E-state index contributed by atoms with van der Waals surface area (Å²) in [6, 6.07) is 2.22. The van der Waals surface area contributed by atoms with Gasteiger partial charge in [-0.2, -0.15) is 0 Å². The highest BCUT2D eigenvalue weighted by atomic mass is 32.1. The van der Waals surface area contributed by atoms with E-state index < -0.39 is 0 Å². The molecule has 2 rings (SSSR count). The number of likely N-dealkylation sites (tertiary alicyclic amines) is 1. The van der Waals surface area contributed by atoms with E-state index in [0.29, 0.717) is 23.2 Å². The molecule has 4 N–H and O–H groups in total. The van der Waals surface area contributed by atoms with Gasteiger partial charge >= 0.3 is 0 Å². The van der Waals surface area contributed by atoms with Crippen LogP contribution in [0.5, 0.6) is 0 Å². The molecule has 0 aliphatic carbocycles. The fourth-order valence-corrected chi connectivity index (χ4v) is 3.62. The minimum atomic E-state index is -0.0698. The van der Waals surface area contributed by atoms with Gasteiger partial charge in [-0.1, -0.05) is 6.92 Å². The first-order chi connectivity index (χ1) is 10.1. The average molecular weight is 310 g/mol. The Kier molecular flexibility index (Phi) is 5.87. The van der Waals surface area contributed by atoms with E-state index in [1.807, 2.05) is 13.0 Å². The van der Waals surface area contributed by atoms with Crippen LogP contribution in [-0.2, 0) is 0 Å². The van der Waals surface area contributed by atoms with Crippen LogP contribution in [0.4, 0.5) is 10.7 Å². The fraction of sp³-hybridized carbons (Fsp3) is 0.667. The van der Waals surface area contributed by atoms with Crippen LogP contribution in [0.2, 0.25) is 0 Å². The van der Waals surface area contributed by atoms with Gasteiger partial charge in [-0.05, 0) is 45.3 Å². The molecule has 0 saturated carbocycles. The van der Waals surface area contributed by atoms with E-state index in [1.165, 1.54) is 37.3 Å². The number of carbonyl (C=O) groups excluding carboxylic acids is 1. The van der Waals surface area contributed by atoms with Crippen LogP contribution in [0.3, 0.4) is 0 Å². The molecule has 1 aromatic rings. The lowest BCUT2D eigenvalue weighted by Crippen LogP contribution is -2.32. The van der Waals surface area contributed by atoms with Crippen molar-refractivity contribution < 1.29 is 4.79 Å². The number of nitrogens with two attached hydrogens (primary N) is 1. The molecule has 1 aliphatic rings. The largest absolute Gasteiger partial charge is 0.397 e. The van der Waals surface area contributed by atoms with Gasteiger partial charge in [0.2, 0.25) is 0 Å². The summed E-state index contributed by atoms with van der Waals surface area (Å²) < 4.78 is 0. The number of nitrogens with zero attached hydrogens (tertiary/aromatic N) is 1. The number of rotatable bonds is 7.